The standard InChI is InChI=1S/C4H11N3O2/c5-3-1-2-4(6)7(8)9/h4H,1-3,5-6H2. The molecular weight excluding hydrogens is 122 g/mol. The van der Waals surface area contributed by atoms with E-state index in [0.29, 0.717) is 19.4 Å². The smallest absolute Gasteiger partial charge is 0.263 e. The average molecular weight is 133 g/mol. The highest BCUT2D eigenvalue weighted by Gasteiger charge is 2.10. The highest BCUT2D eigenvalue weighted by molar-refractivity contribution is 4.46. The molecule has 0 radical (unpaired) electrons. The Morgan fingerprint density at radius 3 is 2.56 bits per heavy atom. The van der Waals surface area contributed by atoms with Crippen LogP contribution in [0.5, 0.6) is 0 Å². The highest BCUT2D eigenvalue weighted by atomic mass is 16.6. The van der Waals surface area contributed by atoms with Crippen LogP contribution in [0.1, 0.15) is 12.8 Å². The topological polar surface area (TPSA) is 95.2 Å². The molecule has 1 atom stereocenters. The van der Waals surface area contributed by atoms with Crippen molar-refractivity contribution in [1.82, 2.24) is 0 Å². The van der Waals surface area contributed by atoms with Crippen molar-refractivity contribution in [3.63, 3.8) is 0 Å². The number of nitrogens with two attached hydrogens (primary N) is 2. The van der Waals surface area contributed by atoms with E-state index in [2.05, 4.69) is 0 Å². The predicted octanol–water partition coefficient (Wildman–Crippen LogP) is -0.713. The Bertz CT molecular complexity index is 95.8. The first kappa shape index (κ1) is 8.32. The first-order chi connectivity index (χ1) is 4.18. The fourth-order valence-corrected chi connectivity index (χ4v) is 0.432. The second-order valence-corrected chi connectivity index (χ2v) is 1.78. The van der Waals surface area contributed by atoms with Crippen LogP contribution in [0.15, 0.2) is 0 Å². The predicted molar refractivity (Wildman–Crippen MR) is 33.3 cm³/mol. The van der Waals surface area contributed by atoms with Gasteiger partial charge in [-0.05, 0) is 13.0 Å². The third kappa shape index (κ3) is 3.87. The zero-order valence-corrected chi connectivity index (χ0v) is 5.12. The maximum Gasteiger partial charge on any atom is 0.263 e. The van der Waals surface area contributed by atoms with Gasteiger partial charge in [-0.15, -0.1) is 0 Å². The second kappa shape index (κ2) is 4.22. The molecule has 54 valence electrons. The highest BCUT2D eigenvalue weighted by Crippen LogP contribution is 1.91. The van der Waals surface area contributed by atoms with Gasteiger partial charge in [-0.2, -0.15) is 0 Å². The van der Waals surface area contributed by atoms with E-state index in [-0.39, 0.29) is 0 Å². The maximum absolute atomic E-state index is 9.84. The van der Waals surface area contributed by atoms with Crippen LogP contribution in [0.3, 0.4) is 0 Å². The lowest BCUT2D eigenvalue weighted by atomic mass is 10.3. The summed E-state index contributed by atoms with van der Waals surface area (Å²) in [5, 5.41) is 9.84. The van der Waals surface area contributed by atoms with Crippen LogP contribution in [0.4, 0.5) is 0 Å². The van der Waals surface area contributed by atoms with E-state index in [1.54, 1.807) is 0 Å². The molecule has 0 aromatic rings. The maximum atomic E-state index is 9.84. The third-order valence-corrected chi connectivity index (χ3v) is 0.975. The number of nitrogens with zero attached hydrogens (tertiary/aromatic N) is 1. The quantitative estimate of drug-likeness (QED) is 0.301. The summed E-state index contributed by atoms with van der Waals surface area (Å²) in [5.41, 5.74) is 10.1. The van der Waals surface area contributed by atoms with Crippen molar-refractivity contribution in [2.45, 2.75) is 19.0 Å². The van der Waals surface area contributed by atoms with Gasteiger partial charge in [-0.25, -0.2) is 0 Å². The Hall–Kier alpha value is -0.680. The minimum Gasteiger partial charge on any atom is -0.330 e. The van der Waals surface area contributed by atoms with E-state index in [9.17, 15) is 10.1 Å². The summed E-state index contributed by atoms with van der Waals surface area (Å²) in [5.74, 6) is 0. The lowest BCUT2D eigenvalue weighted by Crippen LogP contribution is -2.29. The van der Waals surface area contributed by atoms with Crippen LogP contribution in [0.25, 0.3) is 0 Å². The lowest BCUT2D eigenvalue weighted by Gasteiger charge is -1.99. The molecule has 0 bridgehead atoms. The SMILES string of the molecule is NCCCC(N)[N+](=O)[O-]. The van der Waals surface area contributed by atoms with Crippen molar-refractivity contribution in [1.29, 1.82) is 0 Å². The molecular formula is C4H11N3O2. The van der Waals surface area contributed by atoms with Gasteiger partial charge in [-0.1, -0.05) is 0 Å². The second-order valence-electron chi connectivity index (χ2n) is 1.78. The molecule has 5 nitrogen and oxygen atoms in total. The van der Waals surface area contributed by atoms with E-state index in [1.165, 1.54) is 0 Å². The summed E-state index contributed by atoms with van der Waals surface area (Å²) >= 11 is 0. The summed E-state index contributed by atoms with van der Waals surface area (Å²) in [4.78, 5) is 9.34. The van der Waals surface area contributed by atoms with Gasteiger partial charge in [0.05, 0.1) is 0 Å². The molecule has 0 saturated carbocycles. The molecule has 0 fully saturated rings. The van der Waals surface area contributed by atoms with E-state index >= 15 is 0 Å². The van der Waals surface area contributed by atoms with Gasteiger partial charge in [0.2, 0.25) is 0 Å². The molecule has 0 rings (SSSR count). The van der Waals surface area contributed by atoms with Gasteiger partial charge in [0.25, 0.3) is 6.17 Å². The van der Waals surface area contributed by atoms with E-state index < -0.39 is 11.1 Å². The molecule has 0 spiro atoms. The molecule has 0 aliphatic rings. The zero-order chi connectivity index (χ0) is 7.28. The largest absolute Gasteiger partial charge is 0.330 e. The molecule has 0 amide bonds. The van der Waals surface area contributed by atoms with E-state index in [4.69, 9.17) is 11.5 Å². The molecule has 0 aliphatic carbocycles. The van der Waals surface area contributed by atoms with Crippen LogP contribution in [0, 0.1) is 10.1 Å². The molecule has 9 heavy (non-hydrogen) atoms. The summed E-state index contributed by atoms with van der Waals surface area (Å²) < 4.78 is 0. The van der Waals surface area contributed by atoms with Gasteiger partial charge in [0, 0.05) is 11.3 Å². The van der Waals surface area contributed by atoms with Gasteiger partial charge in [-0.3, -0.25) is 15.8 Å². The van der Waals surface area contributed by atoms with Crippen LogP contribution >= 0.6 is 0 Å². The summed E-state index contributed by atoms with van der Waals surface area (Å²) in [7, 11) is 0. The van der Waals surface area contributed by atoms with Crippen molar-refractivity contribution >= 4 is 0 Å². The summed E-state index contributed by atoms with van der Waals surface area (Å²) in [6.45, 7) is 0.460. The van der Waals surface area contributed by atoms with Gasteiger partial charge >= 0.3 is 0 Å². The number of rotatable bonds is 4. The minimum absolute atomic E-state index is 0.365. The summed E-state index contributed by atoms with van der Waals surface area (Å²) in [6, 6.07) is 0. The van der Waals surface area contributed by atoms with Gasteiger partial charge < -0.3 is 5.73 Å². The number of nitro groups is 1. The Labute approximate surface area is 53.2 Å². The fourth-order valence-electron chi connectivity index (χ4n) is 0.432. The summed E-state index contributed by atoms with van der Waals surface area (Å²) in [6.07, 6.45) is 0.0413. The molecule has 4 N–H and O–H groups in total. The fraction of sp³-hybridized carbons (Fsp3) is 1.00. The first-order valence-corrected chi connectivity index (χ1v) is 2.77. The lowest BCUT2D eigenvalue weighted by molar-refractivity contribution is -0.522. The molecule has 1 unspecified atom stereocenters. The van der Waals surface area contributed by atoms with Crippen molar-refractivity contribution in [3.05, 3.63) is 10.1 Å². The Kier molecular flexibility index (Phi) is 3.90. The van der Waals surface area contributed by atoms with Gasteiger partial charge in [0.15, 0.2) is 0 Å². The van der Waals surface area contributed by atoms with Crippen LogP contribution in [-0.4, -0.2) is 17.6 Å². The zero-order valence-electron chi connectivity index (χ0n) is 5.12. The van der Waals surface area contributed by atoms with Crippen molar-refractivity contribution in [2.75, 3.05) is 6.54 Å². The Morgan fingerprint density at radius 2 is 2.22 bits per heavy atom. The van der Waals surface area contributed by atoms with Crippen molar-refractivity contribution in [3.8, 4) is 0 Å². The monoisotopic (exact) mass is 133 g/mol. The molecule has 0 aromatic carbocycles. The molecule has 0 aliphatic heterocycles. The van der Waals surface area contributed by atoms with E-state index in [0.717, 1.165) is 0 Å². The normalized spacial score (nSPS) is 13.1. The van der Waals surface area contributed by atoms with Crippen molar-refractivity contribution < 1.29 is 4.92 Å². The molecule has 0 heterocycles. The third-order valence-electron chi connectivity index (χ3n) is 0.975. The average Bonchev–Trinajstić information content (AvgIpc) is 1.82. The molecule has 0 aromatic heterocycles. The minimum atomic E-state index is -0.937. The number of hydrogen-bond acceptors (Lipinski definition) is 4. The van der Waals surface area contributed by atoms with Crippen LogP contribution < -0.4 is 11.5 Å². The first-order valence-electron chi connectivity index (χ1n) is 2.77. The van der Waals surface area contributed by atoms with Crippen LogP contribution in [0.2, 0.25) is 0 Å². The van der Waals surface area contributed by atoms with Gasteiger partial charge in [0.1, 0.15) is 0 Å². The van der Waals surface area contributed by atoms with E-state index in [1.807, 2.05) is 0 Å². The van der Waals surface area contributed by atoms with Crippen molar-refractivity contribution in [2.24, 2.45) is 11.5 Å². The molecule has 5 heteroatoms. The molecule has 0 saturated heterocycles. The van der Waals surface area contributed by atoms with Crippen LogP contribution in [-0.2, 0) is 0 Å². The Balaban J connectivity index is 3.27. The Morgan fingerprint density at radius 1 is 1.67 bits per heavy atom. The number of hydrogen-bond donors (Lipinski definition) is 2.